The van der Waals surface area contributed by atoms with E-state index in [4.69, 9.17) is 9.47 Å². The van der Waals surface area contributed by atoms with E-state index in [1.54, 1.807) is 25.1 Å². The molecule has 2 aliphatic rings. The summed E-state index contributed by atoms with van der Waals surface area (Å²) in [6.07, 6.45) is 0.410. The van der Waals surface area contributed by atoms with Crippen molar-refractivity contribution in [3.05, 3.63) is 50.2 Å². The SMILES string of the molecule is CCC(=O)N1N=C(c2c(O)n(C)c(=O)[nH]c2=O)C[C@@H]1c1ccc2c(c1)OCO2. The summed E-state index contributed by atoms with van der Waals surface area (Å²) in [6.45, 7) is 1.84. The molecule has 0 unspecified atom stereocenters. The van der Waals surface area contributed by atoms with E-state index < -0.39 is 23.2 Å². The highest BCUT2D eigenvalue weighted by molar-refractivity contribution is 6.04. The number of nitrogens with one attached hydrogen (secondary N) is 1. The van der Waals surface area contributed by atoms with E-state index in [1.165, 1.54) is 12.1 Å². The van der Waals surface area contributed by atoms with Gasteiger partial charge in [-0.15, -0.1) is 0 Å². The van der Waals surface area contributed by atoms with Crippen LogP contribution in [-0.4, -0.2) is 38.1 Å². The number of amides is 1. The predicted octanol–water partition coefficient (Wildman–Crippen LogP) is 0.596. The largest absolute Gasteiger partial charge is 0.494 e. The van der Waals surface area contributed by atoms with Crippen LogP contribution in [0.3, 0.4) is 0 Å². The van der Waals surface area contributed by atoms with Crippen LogP contribution in [0.1, 0.15) is 36.9 Å². The molecular weight excluding hydrogens is 368 g/mol. The number of aromatic amines is 1. The van der Waals surface area contributed by atoms with Crippen LogP contribution in [0.2, 0.25) is 0 Å². The highest BCUT2D eigenvalue weighted by Gasteiger charge is 2.35. The molecule has 10 nitrogen and oxygen atoms in total. The van der Waals surface area contributed by atoms with E-state index in [9.17, 15) is 19.5 Å². The van der Waals surface area contributed by atoms with Crippen LogP contribution in [0.25, 0.3) is 0 Å². The maximum atomic E-state index is 12.5. The van der Waals surface area contributed by atoms with Crippen LogP contribution in [0, 0.1) is 0 Å². The monoisotopic (exact) mass is 386 g/mol. The molecule has 1 amide bonds. The van der Waals surface area contributed by atoms with Gasteiger partial charge in [0, 0.05) is 19.9 Å². The molecule has 0 aliphatic carbocycles. The molecule has 0 saturated carbocycles. The van der Waals surface area contributed by atoms with Crippen molar-refractivity contribution in [3.8, 4) is 17.4 Å². The van der Waals surface area contributed by atoms with Gasteiger partial charge in [0.1, 0.15) is 5.56 Å². The molecule has 2 aliphatic heterocycles. The quantitative estimate of drug-likeness (QED) is 0.795. The summed E-state index contributed by atoms with van der Waals surface area (Å²) in [5.74, 6) is 0.446. The van der Waals surface area contributed by atoms with Gasteiger partial charge in [-0.25, -0.2) is 9.80 Å². The third-order valence-corrected chi connectivity index (χ3v) is 4.83. The van der Waals surface area contributed by atoms with Crippen molar-refractivity contribution in [2.24, 2.45) is 12.1 Å². The molecule has 146 valence electrons. The normalized spacial score (nSPS) is 17.7. The Morgan fingerprint density at radius 2 is 2.07 bits per heavy atom. The number of carbonyl (C=O) groups excluding carboxylic acids is 1. The van der Waals surface area contributed by atoms with Gasteiger partial charge in [0.05, 0.1) is 11.8 Å². The molecule has 2 N–H and O–H groups in total. The summed E-state index contributed by atoms with van der Waals surface area (Å²) in [4.78, 5) is 38.6. The lowest BCUT2D eigenvalue weighted by Crippen LogP contribution is -2.32. The Balaban J connectivity index is 1.78. The van der Waals surface area contributed by atoms with Crippen molar-refractivity contribution in [1.82, 2.24) is 14.6 Å². The average Bonchev–Trinajstić information content (AvgIpc) is 3.32. The minimum atomic E-state index is -0.755. The number of H-pyrrole nitrogens is 1. The molecule has 4 rings (SSSR count). The molecule has 0 bridgehead atoms. The number of hydrogen-bond acceptors (Lipinski definition) is 7. The van der Waals surface area contributed by atoms with Crippen LogP contribution >= 0.6 is 0 Å². The van der Waals surface area contributed by atoms with Crippen LogP contribution in [0.5, 0.6) is 17.4 Å². The van der Waals surface area contributed by atoms with E-state index in [-0.39, 0.29) is 36.8 Å². The maximum Gasteiger partial charge on any atom is 0.330 e. The van der Waals surface area contributed by atoms with Crippen molar-refractivity contribution in [2.75, 3.05) is 6.79 Å². The Morgan fingerprint density at radius 3 is 2.82 bits per heavy atom. The summed E-state index contributed by atoms with van der Waals surface area (Å²) in [5, 5.41) is 15.9. The second-order valence-electron chi connectivity index (χ2n) is 6.49. The number of rotatable bonds is 3. The standard InChI is InChI=1S/C18H18N4O6/c1-3-14(23)22-11(9-4-5-12-13(6-9)28-8-27-12)7-10(20-22)15-16(24)19-18(26)21(2)17(15)25/h4-6,11,25H,3,7-8H2,1-2H3,(H,19,24,26)/t11-/m1/s1. The lowest BCUT2D eigenvalue weighted by Gasteiger charge is -2.21. The lowest BCUT2D eigenvalue weighted by atomic mass is 9.98. The van der Waals surface area contributed by atoms with E-state index in [0.717, 1.165) is 10.1 Å². The number of nitrogens with zero attached hydrogens (tertiary/aromatic N) is 3. The van der Waals surface area contributed by atoms with Gasteiger partial charge in [0.2, 0.25) is 18.6 Å². The molecule has 3 heterocycles. The molecule has 1 aromatic carbocycles. The van der Waals surface area contributed by atoms with Gasteiger partial charge < -0.3 is 14.6 Å². The van der Waals surface area contributed by atoms with Crippen LogP contribution < -0.4 is 20.7 Å². The Bertz CT molecular complexity index is 1120. The molecule has 0 saturated heterocycles. The van der Waals surface area contributed by atoms with Crippen molar-refractivity contribution in [3.63, 3.8) is 0 Å². The first-order valence-electron chi connectivity index (χ1n) is 8.72. The maximum absolute atomic E-state index is 12.5. The molecular formula is C18H18N4O6. The summed E-state index contributed by atoms with van der Waals surface area (Å²) >= 11 is 0. The summed E-state index contributed by atoms with van der Waals surface area (Å²) in [7, 11) is 1.33. The zero-order chi connectivity index (χ0) is 20.0. The number of fused-ring (bicyclic) bond motifs is 1. The predicted molar refractivity (Wildman–Crippen MR) is 97.6 cm³/mol. The summed E-state index contributed by atoms with van der Waals surface area (Å²) in [5.41, 5.74) is -0.642. The molecule has 1 atom stereocenters. The van der Waals surface area contributed by atoms with Gasteiger partial charge in [-0.05, 0) is 17.7 Å². The first-order valence-corrected chi connectivity index (χ1v) is 8.72. The number of hydrazone groups is 1. The molecule has 0 radical (unpaired) electrons. The van der Waals surface area contributed by atoms with E-state index in [1.807, 2.05) is 0 Å². The number of ether oxygens (including phenoxy) is 2. The molecule has 0 fully saturated rings. The van der Waals surface area contributed by atoms with Gasteiger partial charge in [-0.3, -0.25) is 19.1 Å². The topological polar surface area (TPSA) is 126 Å². The number of carbonyl (C=O) groups is 1. The van der Waals surface area contributed by atoms with Gasteiger partial charge in [-0.2, -0.15) is 5.10 Å². The fraction of sp³-hybridized carbons (Fsp3) is 0.333. The molecule has 0 spiro atoms. The second kappa shape index (κ2) is 6.55. The van der Waals surface area contributed by atoms with Crippen LogP contribution in [0.4, 0.5) is 0 Å². The number of aromatic hydroxyl groups is 1. The highest BCUT2D eigenvalue weighted by Crippen LogP contribution is 2.39. The first kappa shape index (κ1) is 17.8. The molecule has 2 aromatic rings. The van der Waals surface area contributed by atoms with Crippen LogP contribution in [-0.2, 0) is 11.8 Å². The average molecular weight is 386 g/mol. The van der Waals surface area contributed by atoms with Crippen molar-refractivity contribution < 1.29 is 19.4 Å². The van der Waals surface area contributed by atoms with Gasteiger partial charge >= 0.3 is 5.69 Å². The zero-order valence-electron chi connectivity index (χ0n) is 15.3. The number of aromatic nitrogens is 2. The van der Waals surface area contributed by atoms with Gasteiger partial charge in [0.25, 0.3) is 5.56 Å². The zero-order valence-corrected chi connectivity index (χ0v) is 15.3. The first-order chi connectivity index (χ1) is 13.4. The van der Waals surface area contributed by atoms with E-state index in [0.29, 0.717) is 11.5 Å². The smallest absolute Gasteiger partial charge is 0.330 e. The van der Waals surface area contributed by atoms with E-state index in [2.05, 4.69) is 10.1 Å². The van der Waals surface area contributed by atoms with Crippen molar-refractivity contribution in [1.29, 1.82) is 0 Å². The molecule has 28 heavy (non-hydrogen) atoms. The number of hydrogen-bond donors (Lipinski definition) is 2. The Hall–Kier alpha value is -3.56. The van der Waals surface area contributed by atoms with E-state index >= 15 is 0 Å². The molecule has 1 aromatic heterocycles. The van der Waals surface area contributed by atoms with Gasteiger partial charge in [0.15, 0.2) is 11.5 Å². The van der Waals surface area contributed by atoms with Gasteiger partial charge in [-0.1, -0.05) is 13.0 Å². The number of benzene rings is 1. The fourth-order valence-corrected chi connectivity index (χ4v) is 3.30. The lowest BCUT2D eigenvalue weighted by molar-refractivity contribution is -0.132. The van der Waals surface area contributed by atoms with Crippen molar-refractivity contribution >= 4 is 11.6 Å². The van der Waals surface area contributed by atoms with Crippen molar-refractivity contribution in [2.45, 2.75) is 25.8 Å². The minimum Gasteiger partial charge on any atom is -0.494 e. The minimum absolute atomic E-state index is 0.126. The third kappa shape index (κ3) is 2.73. The second-order valence-corrected chi connectivity index (χ2v) is 6.49. The fourth-order valence-electron chi connectivity index (χ4n) is 3.30. The third-order valence-electron chi connectivity index (χ3n) is 4.83. The molecule has 10 heteroatoms. The highest BCUT2D eigenvalue weighted by atomic mass is 16.7. The Labute approximate surface area is 158 Å². The Morgan fingerprint density at radius 1 is 1.32 bits per heavy atom. The summed E-state index contributed by atoms with van der Waals surface area (Å²) < 4.78 is 11.6. The van der Waals surface area contributed by atoms with Crippen LogP contribution in [0.15, 0.2) is 32.9 Å². The Kier molecular flexibility index (Phi) is 4.17. The summed E-state index contributed by atoms with van der Waals surface area (Å²) in [6, 6.07) is 4.85.